The number of aryl methyl sites for hydroxylation is 1. The predicted octanol–water partition coefficient (Wildman–Crippen LogP) is 5.13. The molecule has 1 aliphatic heterocycles. The maximum atomic E-state index is 6.49. The smallest absolute Gasteiger partial charge is 0.203 e. The molecule has 0 radical (unpaired) electrons. The third-order valence-corrected chi connectivity index (χ3v) is 5.67. The van der Waals surface area contributed by atoms with Gasteiger partial charge in [-0.3, -0.25) is 0 Å². The Morgan fingerprint density at radius 2 is 1.45 bits per heavy atom. The maximum absolute atomic E-state index is 6.49. The van der Waals surface area contributed by atoms with Crippen LogP contribution in [0.3, 0.4) is 0 Å². The molecule has 0 aliphatic carbocycles. The van der Waals surface area contributed by atoms with E-state index in [0.717, 1.165) is 47.5 Å². The lowest BCUT2D eigenvalue weighted by Crippen LogP contribution is -2.24. The van der Waals surface area contributed by atoms with Crippen LogP contribution in [0.1, 0.15) is 62.0 Å². The molecule has 0 saturated carbocycles. The van der Waals surface area contributed by atoms with Gasteiger partial charge in [0.15, 0.2) is 23.0 Å². The quantitative estimate of drug-likeness (QED) is 0.499. The van der Waals surface area contributed by atoms with Crippen molar-refractivity contribution < 1.29 is 28.4 Å². The minimum atomic E-state index is -0.0755. The molecule has 0 spiro atoms. The summed E-state index contributed by atoms with van der Waals surface area (Å²) in [6.07, 6.45) is 2.57. The molecule has 7 nitrogen and oxygen atoms in total. The zero-order valence-corrected chi connectivity index (χ0v) is 20.6. The van der Waals surface area contributed by atoms with Crippen molar-refractivity contribution in [1.82, 2.24) is 0 Å². The zero-order valence-electron chi connectivity index (χ0n) is 20.6. The van der Waals surface area contributed by atoms with Crippen LogP contribution in [0, 0.1) is 6.92 Å². The van der Waals surface area contributed by atoms with Gasteiger partial charge in [0.2, 0.25) is 5.75 Å². The first-order valence-corrected chi connectivity index (χ1v) is 11.5. The van der Waals surface area contributed by atoms with E-state index in [9.17, 15) is 0 Å². The van der Waals surface area contributed by atoms with Crippen LogP contribution in [-0.4, -0.2) is 40.6 Å². The van der Waals surface area contributed by atoms with E-state index in [2.05, 4.69) is 13.0 Å². The molecule has 7 heteroatoms. The summed E-state index contributed by atoms with van der Waals surface area (Å²) in [5, 5.41) is 0. The van der Waals surface area contributed by atoms with E-state index < -0.39 is 0 Å². The number of benzene rings is 2. The molecule has 1 saturated heterocycles. The molecule has 2 aromatic rings. The van der Waals surface area contributed by atoms with Crippen molar-refractivity contribution in [2.75, 3.05) is 34.5 Å². The first-order chi connectivity index (χ1) is 15.9. The van der Waals surface area contributed by atoms with E-state index in [0.29, 0.717) is 30.5 Å². The summed E-state index contributed by atoms with van der Waals surface area (Å²) in [6.45, 7) is 7.11. The highest BCUT2D eigenvalue weighted by molar-refractivity contribution is 5.54. The molecular weight excluding hydrogens is 422 g/mol. The van der Waals surface area contributed by atoms with Gasteiger partial charge in [0.25, 0.3) is 0 Å². The highest BCUT2D eigenvalue weighted by Crippen LogP contribution is 2.47. The van der Waals surface area contributed by atoms with E-state index in [4.69, 9.17) is 34.2 Å². The van der Waals surface area contributed by atoms with Crippen LogP contribution in [0.15, 0.2) is 24.3 Å². The highest BCUT2D eigenvalue weighted by Gasteiger charge is 2.30. The van der Waals surface area contributed by atoms with E-state index in [-0.39, 0.29) is 18.2 Å². The van der Waals surface area contributed by atoms with Crippen molar-refractivity contribution in [2.24, 2.45) is 5.73 Å². The molecule has 0 aromatic heterocycles. The number of hydrogen-bond acceptors (Lipinski definition) is 7. The monoisotopic (exact) mass is 459 g/mol. The number of methoxy groups -OCH3 is 3. The van der Waals surface area contributed by atoms with Crippen LogP contribution in [0.25, 0.3) is 0 Å². The number of hydrogen-bond donors (Lipinski definition) is 1. The maximum Gasteiger partial charge on any atom is 0.203 e. The Bertz CT molecular complexity index is 904. The van der Waals surface area contributed by atoms with E-state index >= 15 is 0 Å². The Kier molecular flexibility index (Phi) is 8.69. The number of nitrogens with two attached hydrogens (primary N) is 1. The minimum Gasteiger partial charge on any atom is -0.493 e. The average molecular weight is 460 g/mol. The summed E-state index contributed by atoms with van der Waals surface area (Å²) in [7, 11) is 4.84. The van der Waals surface area contributed by atoms with Crippen LogP contribution in [0.2, 0.25) is 0 Å². The summed E-state index contributed by atoms with van der Waals surface area (Å²) in [6, 6.07) is 8.01. The summed E-state index contributed by atoms with van der Waals surface area (Å²) in [5.74, 6) is 3.32. The molecule has 3 atom stereocenters. The molecule has 2 aromatic carbocycles. The first-order valence-electron chi connectivity index (χ1n) is 11.5. The normalized spacial score (nSPS) is 18.6. The second kappa shape index (κ2) is 11.5. The second-order valence-corrected chi connectivity index (χ2v) is 8.45. The summed E-state index contributed by atoms with van der Waals surface area (Å²) in [4.78, 5) is 0. The van der Waals surface area contributed by atoms with Gasteiger partial charge in [-0.15, -0.1) is 0 Å². The molecule has 0 amide bonds. The van der Waals surface area contributed by atoms with Gasteiger partial charge in [-0.05, 0) is 74.1 Å². The molecule has 1 fully saturated rings. The second-order valence-electron chi connectivity index (χ2n) is 8.45. The van der Waals surface area contributed by atoms with E-state index in [1.54, 1.807) is 21.3 Å². The highest BCUT2D eigenvalue weighted by atomic mass is 16.5. The largest absolute Gasteiger partial charge is 0.493 e. The van der Waals surface area contributed by atoms with E-state index in [1.807, 2.05) is 32.0 Å². The fraction of sp³-hybridized carbons (Fsp3) is 0.538. The Morgan fingerprint density at radius 3 is 1.97 bits per heavy atom. The van der Waals surface area contributed by atoms with Gasteiger partial charge in [-0.2, -0.15) is 0 Å². The Labute approximate surface area is 197 Å². The fourth-order valence-electron chi connectivity index (χ4n) is 4.09. The molecule has 1 aliphatic rings. The molecular formula is C26H37NO6. The van der Waals surface area contributed by atoms with Crippen molar-refractivity contribution in [3.63, 3.8) is 0 Å². The van der Waals surface area contributed by atoms with Gasteiger partial charge in [0, 0.05) is 6.04 Å². The molecule has 1 heterocycles. The third kappa shape index (κ3) is 5.84. The fourth-order valence-corrected chi connectivity index (χ4v) is 4.09. The zero-order chi connectivity index (χ0) is 24.0. The van der Waals surface area contributed by atoms with Gasteiger partial charge in [-0.25, -0.2) is 0 Å². The molecule has 2 N–H and O–H groups in total. The average Bonchev–Trinajstić information content (AvgIpc) is 3.31. The summed E-state index contributed by atoms with van der Waals surface area (Å²) in [5.41, 5.74) is 9.02. The van der Waals surface area contributed by atoms with Crippen LogP contribution in [0.4, 0.5) is 0 Å². The van der Waals surface area contributed by atoms with Crippen LogP contribution < -0.4 is 29.4 Å². The lowest BCUT2D eigenvalue weighted by atomic mass is 10.0. The summed E-state index contributed by atoms with van der Waals surface area (Å²) >= 11 is 0. The Morgan fingerprint density at radius 1 is 0.879 bits per heavy atom. The SMILES string of the molecule is CCCOc1c(C)cc([C@H]2CC[C@H](c3cc(OC)c(OC)c(OC)c3)O2)cc1OCC(C)N. The van der Waals surface area contributed by atoms with Crippen molar-refractivity contribution in [3.8, 4) is 28.7 Å². The van der Waals surface area contributed by atoms with Crippen LogP contribution in [-0.2, 0) is 4.74 Å². The predicted molar refractivity (Wildman–Crippen MR) is 128 cm³/mol. The van der Waals surface area contributed by atoms with E-state index in [1.165, 1.54) is 0 Å². The summed E-state index contributed by atoms with van der Waals surface area (Å²) < 4.78 is 35.0. The Balaban J connectivity index is 1.85. The first kappa shape index (κ1) is 25.0. The molecule has 33 heavy (non-hydrogen) atoms. The van der Waals surface area contributed by atoms with Gasteiger partial charge in [-0.1, -0.05) is 6.92 Å². The van der Waals surface area contributed by atoms with Crippen molar-refractivity contribution in [2.45, 2.75) is 58.3 Å². The standard InChI is InChI=1S/C26H37NO6/c1-7-10-31-25-16(2)11-18(14-24(25)32-15-17(3)27)20-8-9-21(33-20)19-12-22(28-4)26(30-6)23(13-19)29-5/h11-14,17,20-21H,7-10,15,27H2,1-6H3/t17?,20-,21-/m1/s1. The van der Waals surface area contributed by atoms with Gasteiger partial charge in [0.05, 0.1) is 40.1 Å². The minimum absolute atomic E-state index is 0.0503. The van der Waals surface area contributed by atoms with Gasteiger partial charge < -0.3 is 34.2 Å². The van der Waals surface area contributed by atoms with Crippen LogP contribution >= 0.6 is 0 Å². The third-order valence-electron chi connectivity index (χ3n) is 5.67. The number of rotatable bonds is 11. The lowest BCUT2D eigenvalue weighted by Gasteiger charge is -2.21. The molecule has 3 rings (SSSR count). The topological polar surface area (TPSA) is 81.4 Å². The van der Waals surface area contributed by atoms with Gasteiger partial charge >= 0.3 is 0 Å². The molecule has 1 unspecified atom stereocenters. The Hall–Kier alpha value is -2.64. The van der Waals surface area contributed by atoms with Crippen molar-refractivity contribution in [1.29, 1.82) is 0 Å². The van der Waals surface area contributed by atoms with Crippen molar-refractivity contribution >= 4 is 0 Å². The van der Waals surface area contributed by atoms with Crippen LogP contribution in [0.5, 0.6) is 28.7 Å². The van der Waals surface area contributed by atoms with Crippen molar-refractivity contribution in [3.05, 3.63) is 41.0 Å². The van der Waals surface area contributed by atoms with Gasteiger partial charge in [0.1, 0.15) is 6.61 Å². The molecule has 0 bridgehead atoms. The number of ether oxygens (including phenoxy) is 6. The lowest BCUT2D eigenvalue weighted by molar-refractivity contribution is 0.0436. The molecule has 182 valence electrons.